The Morgan fingerprint density at radius 1 is 1.24 bits per heavy atom. The second-order valence-electron chi connectivity index (χ2n) is 4.05. The van der Waals surface area contributed by atoms with Gasteiger partial charge in [0.05, 0.1) is 6.42 Å². The van der Waals surface area contributed by atoms with E-state index < -0.39 is 5.51 Å². The summed E-state index contributed by atoms with van der Waals surface area (Å²) in [6, 6.07) is 0. The molecule has 1 saturated heterocycles. The van der Waals surface area contributed by atoms with E-state index in [1.54, 1.807) is 0 Å². The zero-order valence-electron chi connectivity index (χ0n) is 11.2. The molecule has 1 aliphatic rings. The first-order valence-electron chi connectivity index (χ1n) is 6.36. The topological polar surface area (TPSA) is 62.4 Å². The van der Waals surface area contributed by atoms with Crippen LogP contribution in [0.25, 0.3) is 0 Å². The lowest BCUT2D eigenvalue weighted by atomic mass is 10.3. The lowest BCUT2D eigenvalue weighted by Crippen LogP contribution is -2.33. The summed E-state index contributed by atoms with van der Waals surface area (Å²) < 4.78 is 45.7. The molecule has 0 saturated carbocycles. The SMILES string of the molecule is O=C1CCC(NCCNSCCCSNSC(F)(F)F)O1. The van der Waals surface area contributed by atoms with Crippen LogP contribution in [0.5, 0.6) is 0 Å². The summed E-state index contributed by atoms with van der Waals surface area (Å²) in [6.07, 6.45) is 1.82. The van der Waals surface area contributed by atoms with Crippen LogP contribution in [0.3, 0.4) is 0 Å². The molecule has 0 spiro atoms. The molecule has 1 fully saturated rings. The average Bonchev–Trinajstić information content (AvgIpc) is 2.80. The maximum absolute atomic E-state index is 11.8. The maximum atomic E-state index is 11.8. The van der Waals surface area contributed by atoms with Crippen LogP contribution in [-0.2, 0) is 9.53 Å². The Bertz CT molecular complexity index is 311. The van der Waals surface area contributed by atoms with Crippen molar-refractivity contribution in [3.63, 3.8) is 0 Å². The molecule has 0 bridgehead atoms. The summed E-state index contributed by atoms with van der Waals surface area (Å²) in [7, 11) is 0. The molecule has 1 unspecified atom stereocenters. The van der Waals surface area contributed by atoms with Crippen LogP contribution in [0.1, 0.15) is 19.3 Å². The minimum Gasteiger partial charge on any atom is -0.447 e. The van der Waals surface area contributed by atoms with E-state index in [9.17, 15) is 18.0 Å². The lowest BCUT2D eigenvalue weighted by Gasteiger charge is -2.11. The summed E-state index contributed by atoms with van der Waals surface area (Å²) in [5.74, 6) is 1.28. The number of carbonyl (C=O) groups is 1. The number of carbonyl (C=O) groups excluding carboxylic acids is 1. The summed E-state index contributed by atoms with van der Waals surface area (Å²) in [5.41, 5.74) is -4.23. The number of ether oxygens (including phenoxy) is 1. The second-order valence-corrected chi connectivity index (χ2v) is 7.06. The van der Waals surface area contributed by atoms with Crippen LogP contribution >= 0.6 is 35.8 Å². The fraction of sp³-hybridized carbons (Fsp3) is 0.900. The number of esters is 1. The number of rotatable bonds is 11. The van der Waals surface area contributed by atoms with E-state index in [0.29, 0.717) is 25.1 Å². The van der Waals surface area contributed by atoms with E-state index in [4.69, 9.17) is 4.74 Å². The van der Waals surface area contributed by atoms with Gasteiger partial charge in [-0.1, -0.05) is 23.9 Å². The van der Waals surface area contributed by atoms with Gasteiger partial charge >= 0.3 is 11.5 Å². The Morgan fingerprint density at radius 2 is 2.00 bits per heavy atom. The van der Waals surface area contributed by atoms with Gasteiger partial charge < -0.3 is 4.74 Å². The summed E-state index contributed by atoms with van der Waals surface area (Å²) in [4.78, 5) is 10.8. The molecule has 1 heterocycles. The molecule has 1 atom stereocenters. The number of halogens is 3. The Labute approximate surface area is 134 Å². The van der Waals surface area contributed by atoms with E-state index in [1.807, 2.05) is 0 Å². The third kappa shape index (κ3) is 11.4. The highest BCUT2D eigenvalue weighted by molar-refractivity contribution is 8.13. The van der Waals surface area contributed by atoms with Gasteiger partial charge in [-0.15, -0.1) is 0 Å². The smallest absolute Gasteiger partial charge is 0.447 e. The zero-order chi connectivity index (χ0) is 15.6. The highest BCUT2D eigenvalue weighted by Gasteiger charge is 2.28. The van der Waals surface area contributed by atoms with Crippen LogP contribution in [0, 0.1) is 0 Å². The molecule has 21 heavy (non-hydrogen) atoms. The number of hydrogen-bond acceptors (Lipinski definition) is 8. The Kier molecular flexibility index (Phi) is 9.93. The number of nitrogens with one attached hydrogen (secondary N) is 3. The van der Waals surface area contributed by atoms with Gasteiger partial charge in [0.25, 0.3) is 0 Å². The predicted molar refractivity (Wildman–Crippen MR) is 81.4 cm³/mol. The number of hydrogen-bond donors (Lipinski definition) is 3. The van der Waals surface area contributed by atoms with Gasteiger partial charge in [0.2, 0.25) is 0 Å². The normalized spacial score (nSPS) is 19.0. The fourth-order valence-electron chi connectivity index (χ4n) is 1.42. The quantitative estimate of drug-likeness (QED) is 0.293. The van der Waals surface area contributed by atoms with Crippen LogP contribution in [0.15, 0.2) is 0 Å². The third-order valence-corrected chi connectivity index (χ3v) is 4.72. The van der Waals surface area contributed by atoms with E-state index in [1.165, 1.54) is 11.9 Å². The minimum absolute atomic E-state index is 0.162. The van der Waals surface area contributed by atoms with Crippen LogP contribution < -0.4 is 14.2 Å². The molecule has 1 rings (SSSR count). The van der Waals surface area contributed by atoms with Crippen molar-refractivity contribution in [2.75, 3.05) is 24.6 Å². The van der Waals surface area contributed by atoms with Crippen molar-refractivity contribution in [1.29, 1.82) is 0 Å². The summed E-state index contributed by atoms with van der Waals surface area (Å²) in [6.45, 7) is 1.43. The van der Waals surface area contributed by atoms with E-state index in [0.717, 1.165) is 30.7 Å². The average molecular weight is 365 g/mol. The minimum atomic E-state index is -4.23. The molecule has 0 amide bonds. The standard InChI is InChI=1S/C10H18F3N3O2S3/c11-10(12,13)21-16-20-7-1-6-19-15-5-4-14-8-2-3-9(17)18-8/h8,14-16H,1-7H2. The second kappa shape index (κ2) is 10.8. The Balaban J connectivity index is 1.76. The largest absolute Gasteiger partial charge is 0.456 e. The van der Waals surface area contributed by atoms with Crippen molar-refractivity contribution in [3.05, 3.63) is 0 Å². The number of cyclic esters (lactones) is 1. The highest BCUT2D eigenvalue weighted by atomic mass is 32.2. The van der Waals surface area contributed by atoms with E-state index in [-0.39, 0.29) is 24.1 Å². The molecule has 0 aromatic heterocycles. The van der Waals surface area contributed by atoms with Gasteiger partial charge in [0.1, 0.15) is 0 Å². The molecule has 0 aromatic carbocycles. The molecular weight excluding hydrogens is 347 g/mol. The van der Waals surface area contributed by atoms with Crippen molar-refractivity contribution in [1.82, 2.24) is 14.2 Å². The van der Waals surface area contributed by atoms with E-state index in [2.05, 4.69) is 14.2 Å². The molecule has 0 radical (unpaired) electrons. The summed E-state index contributed by atoms with van der Waals surface area (Å²) in [5, 5.41) is 3.10. The first-order chi connectivity index (χ1) is 9.97. The van der Waals surface area contributed by atoms with Crippen molar-refractivity contribution in [3.8, 4) is 0 Å². The van der Waals surface area contributed by atoms with E-state index >= 15 is 0 Å². The third-order valence-electron chi connectivity index (χ3n) is 2.29. The Morgan fingerprint density at radius 3 is 2.67 bits per heavy atom. The highest BCUT2D eigenvalue weighted by Crippen LogP contribution is 2.28. The molecule has 1 aliphatic heterocycles. The van der Waals surface area contributed by atoms with Crippen LogP contribution in [0.4, 0.5) is 13.2 Å². The van der Waals surface area contributed by atoms with Crippen LogP contribution in [0.2, 0.25) is 0 Å². The van der Waals surface area contributed by atoms with Crippen molar-refractivity contribution in [2.24, 2.45) is 0 Å². The molecule has 5 nitrogen and oxygen atoms in total. The van der Waals surface area contributed by atoms with Gasteiger partial charge in [0.15, 0.2) is 6.23 Å². The van der Waals surface area contributed by atoms with Gasteiger partial charge in [0, 0.05) is 43.0 Å². The van der Waals surface area contributed by atoms with Crippen LogP contribution in [-0.4, -0.2) is 42.3 Å². The van der Waals surface area contributed by atoms with Crippen molar-refractivity contribution < 1.29 is 22.7 Å². The first-order valence-corrected chi connectivity index (χ1v) is 9.15. The van der Waals surface area contributed by atoms with Gasteiger partial charge in [-0.05, 0) is 6.42 Å². The fourth-order valence-corrected chi connectivity index (χ4v) is 3.52. The molecular formula is C10H18F3N3O2S3. The number of alkyl halides is 3. The lowest BCUT2D eigenvalue weighted by molar-refractivity contribution is -0.142. The van der Waals surface area contributed by atoms with Crippen molar-refractivity contribution in [2.45, 2.75) is 31.0 Å². The van der Waals surface area contributed by atoms with Gasteiger partial charge in [-0.25, -0.2) is 4.13 Å². The summed E-state index contributed by atoms with van der Waals surface area (Å²) >= 11 is 2.36. The molecule has 3 N–H and O–H groups in total. The monoisotopic (exact) mass is 365 g/mol. The zero-order valence-corrected chi connectivity index (χ0v) is 13.7. The molecule has 11 heteroatoms. The van der Waals surface area contributed by atoms with Crippen molar-refractivity contribution >= 4 is 41.8 Å². The molecule has 0 aromatic rings. The Hall–Kier alpha value is 0.190. The van der Waals surface area contributed by atoms with Gasteiger partial charge in [-0.3, -0.25) is 14.8 Å². The molecule has 124 valence electrons. The van der Waals surface area contributed by atoms with Gasteiger partial charge in [-0.2, -0.15) is 13.2 Å². The molecule has 0 aliphatic carbocycles. The first kappa shape index (κ1) is 19.2. The maximum Gasteiger partial charge on any atom is 0.456 e. The predicted octanol–water partition coefficient (Wildman–Crippen LogP) is 2.27.